The van der Waals surface area contributed by atoms with Gasteiger partial charge >= 0.3 is 11.9 Å². The Morgan fingerprint density at radius 3 is 2.00 bits per heavy atom. The van der Waals surface area contributed by atoms with Gasteiger partial charge < -0.3 is 10.2 Å². The lowest BCUT2D eigenvalue weighted by Gasteiger charge is -2.37. The van der Waals surface area contributed by atoms with Gasteiger partial charge in [-0.05, 0) is 6.92 Å². The van der Waals surface area contributed by atoms with Crippen molar-refractivity contribution < 1.29 is 29.4 Å². The number of carbonyl (C=O) groups is 4. The molecule has 6 nitrogen and oxygen atoms in total. The van der Waals surface area contributed by atoms with Gasteiger partial charge in [-0.3, -0.25) is 19.2 Å². The minimum atomic E-state index is -2.33. The van der Waals surface area contributed by atoms with Crippen LogP contribution in [0.15, 0.2) is 0 Å². The third-order valence-corrected chi connectivity index (χ3v) is 2.41. The first kappa shape index (κ1) is 10.4. The first-order valence-electron chi connectivity index (χ1n) is 3.88. The fourth-order valence-electron chi connectivity index (χ4n) is 1.59. The lowest BCUT2D eigenvalue weighted by Crippen LogP contribution is -2.62. The lowest BCUT2D eigenvalue weighted by molar-refractivity contribution is -0.176. The van der Waals surface area contributed by atoms with Gasteiger partial charge in [-0.1, -0.05) is 0 Å². The molecule has 14 heavy (non-hydrogen) atoms. The molecule has 0 atom stereocenters. The van der Waals surface area contributed by atoms with E-state index in [1.54, 1.807) is 0 Å². The molecule has 0 saturated heterocycles. The number of Topliss-reactive ketones (excluding diaryl/α,β-unsaturated/α-hetero) is 2. The summed E-state index contributed by atoms with van der Waals surface area (Å²) in [6.07, 6.45) is -0.968. The van der Waals surface area contributed by atoms with E-state index in [4.69, 9.17) is 10.2 Å². The predicted molar refractivity (Wildman–Crippen MR) is 41.5 cm³/mol. The van der Waals surface area contributed by atoms with E-state index in [2.05, 4.69) is 0 Å². The molecule has 0 aromatic heterocycles. The van der Waals surface area contributed by atoms with Crippen molar-refractivity contribution >= 4 is 23.5 Å². The van der Waals surface area contributed by atoms with Crippen molar-refractivity contribution in [2.45, 2.75) is 13.3 Å². The highest BCUT2D eigenvalue weighted by Gasteiger charge is 2.66. The second-order valence-corrected chi connectivity index (χ2v) is 3.23. The summed E-state index contributed by atoms with van der Waals surface area (Å²) in [7, 11) is 0. The maximum absolute atomic E-state index is 11.2. The van der Waals surface area contributed by atoms with E-state index in [0.717, 1.165) is 0 Å². The van der Waals surface area contributed by atoms with E-state index in [1.165, 1.54) is 6.92 Å². The monoisotopic (exact) mass is 200 g/mol. The second kappa shape index (κ2) is 2.90. The van der Waals surface area contributed by atoms with Crippen LogP contribution in [0.25, 0.3) is 0 Å². The molecule has 0 heterocycles. The quantitative estimate of drug-likeness (QED) is 0.584. The summed E-state index contributed by atoms with van der Waals surface area (Å²) in [5.41, 5.74) is -2.33. The van der Waals surface area contributed by atoms with Crippen molar-refractivity contribution in [2.75, 3.05) is 0 Å². The molecule has 0 aromatic carbocycles. The Balaban J connectivity index is 3.08. The molecule has 1 rings (SSSR count). The third-order valence-electron chi connectivity index (χ3n) is 2.41. The molecular formula is C8H8O6. The van der Waals surface area contributed by atoms with Crippen molar-refractivity contribution in [3.63, 3.8) is 0 Å². The highest BCUT2D eigenvalue weighted by molar-refractivity contribution is 6.38. The van der Waals surface area contributed by atoms with Gasteiger partial charge in [-0.25, -0.2) is 0 Å². The van der Waals surface area contributed by atoms with Crippen molar-refractivity contribution in [1.82, 2.24) is 0 Å². The van der Waals surface area contributed by atoms with E-state index in [1.807, 2.05) is 0 Å². The van der Waals surface area contributed by atoms with Crippen LogP contribution in [-0.4, -0.2) is 33.7 Å². The molecule has 76 valence electrons. The van der Waals surface area contributed by atoms with Gasteiger partial charge in [0.05, 0.1) is 12.3 Å². The number of carboxylic acid groups (broad SMARTS) is 2. The fraction of sp³-hybridized carbons (Fsp3) is 0.500. The second-order valence-electron chi connectivity index (χ2n) is 3.23. The molecule has 0 unspecified atom stereocenters. The largest absolute Gasteiger partial charge is 0.481 e. The summed E-state index contributed by atoms with van der Waals surface area (Å²) in [5, 5.41) is 17.1. The Morgan fingerprint density at radius 1 is 1.29 bits per heavy atom. The van der Waals surface area contributed by atoms with Crippen LogP contribution in [0.1, 0.15) is 13.3 Å². The summed E-state index contributed by atoms with van der Waals surface area (Å²) in [5.74, 6) is -5.78. The van der Waals surface area contributed by atoms with Gasteiger partial charge in [0.2, 0.25) is 0 Å². The van der Waals surface area contributed by atoms with Gasteiger partial charge in [0.1, 0.15) is 0 Å². The standard InChI is InChI=1S/C8H8O6/c1-3-5(11)8(6(3)12,7(13)14)2-4(9)10/h3H,2H2,1H3,(H,9,10)(H,13,14). The summed E-state index contributed by atoms with van der Waals surface area (Å²) in [4.78, 5) is 43.5. The Labute approximate surface area is 78.5 Å². The normalized spacial score (nSPS) is 31.1. The maximum atomic E-state index is 11.2. The number of rotatable bonds is 3. The molecule has 1 aliphatic carbocycles. The van der Waals surface area contributed by atoms with Crippen molar-refractivity contribution in [1.29, 1.82) is 0 Å². The SMILES string of the molecule is CC1C(=O)C(CC(=O)O)(C(=O)O)C1=O. The lowest BCUT2D eigenvalue weighted by atomic mass is 9.58. The Morgan fingerprint density at radius 2 is 1.71 bits per heavy atom. The molecule has 0 amide bonds. The van der Waals surface area contributed by atoms with Gasteiger partial charge in [-0.2, -0.15) is 0 Å². The Bertz CT molecular complexity index is 326. The predicted octanol–water partition coefficient (Wildman–Crippen LogP) is -0.680. The summed E-state index contributed by atoms with van der Waals surface area (Å²) in [6.45, 7) is 1.27. The number of carbonyl (C=O) groups excluding carboxylic acids is 2. The molecular weight excluding hydrogens is 192 g/mol. The van der Waals surface area contributed by atoms with Crippen LogP contribution >= 0.6 is 0 Å². The molecule has 6 heteroatoms. The van der Waals surface area contributed by atoms with Crippen LogP contribution in [0.4, 0.5) is 0 Å². The van der Waals surface area contributed by atoms with E-state index in [-0.39, 0.29) is 0 Å². The summed E-state index contributed by atoms with van der Waals surface area (Å²) < 4.78 is 0. The molecule has 1 saturated carbocycles. The molecule has 0 aliphatic heterocycles. The zero-order valence-corrected chi connectivity index (χ0v) is 7.31. The first-order valence-corrected chi connectivity index (χ1v) is 3.88. The number of carboxylic acids is 2. The minimum Gasteiger partial charge on any atom is -0.481 e. The number of hydrogen-bond donors (Lipinski definition) is 2. The first-order chi connectivity index (χ1) is 6.34. The highest BCUT2D eigenvalue weighted by Crippen LogP contribution is 2.41. The van der Waals surface area contributed by atoms with Crippen LogP contribution in [0.5, 0.6) is 0 Å². The Kier molecular flexibility index (Phi) is 2.15. The van der Waals surface area contributed by atoms with Gasteiger partial charge in [0.25, 0.3) is 0 Å². The van der Waals surface area contributed by atoms with Gasteiger partial charge in [0.15, 0.2) is 17.0 Å². The number of hydrogen-bond acceptors (Lipinski definition) is 4. The molecule has 0 bridgehead atoms. The number of aliphatic carboxylic acids is 2. The third kappa shape index (κ3) is 1.03. The molecule has 1 aliphatic rings. The van der Waals surface area contributed by atoms with Crippen LogP contribution in [0.3, 0.4) is 0 Å². The number of ketones is 2. The van der Waals surface area contributed by atoms with Crippen molar-refractivity contribution in [2.24, 2.45) is 11.3 Å². The van der Waals surface area contributed by atoms with Gasteiger partial charge in [-0.15, -0.1) is 0 Å². The zero-order chi connectivity index (χ0) is 11.1. The summed E-state index contributed by atoms with van der Waals surface area (Å²) in [6, 6.07) is 0. The fourth-order valence-corrected chi connectivity index (χ4v) is 1.59. The average Bonchev–Trinajstić information content (AvgIpc) is 2.11. The van der Waals surface area contributed by atoms with E-state index in [0.29, 0.717) is 0 Å². The van der Waals surface area contributed by atoms with Crippen LogP contribution in [0, 0.1) is 11.3 Å². The van der Waals surface area contributed by atoms with Crippen LogP contribution in [-0.2, 0) is 19.2 Å². The average molecular weight is 200 g/mol. The minimum absolute atomic E-state index is 0.822. The van der Waals surface area contributed by atoms with Crippen molar-refractivity contribution in [3.8, 4) is 0 Å². The van der Waals surface area contributed by atoms with Crippen molar-refractivity contribution in [3.05, 3.63) is 0 Å². The van der Waals surface area contributed by atoms with E-state index < -0.39 is 41.3 Å². The molecule has 0 spiro atoms. The van der Waals surface area contributed by atoms with E-state index >= 15 is 0 Å². The molecule has 0 radical (unpaired) electrons. The topological polar surface area (TPSA) is 109 Å². The van der Waals surface area contributed by atoms with Crippen LogP contribution in [0.2, 0.25) is 0 Å². The Hall–Kier alpha value is -1.72. The molecule has 1 fully saturated rings. The zero-order valence-electron chi connectivity index (χ0n) is 7.31. The molecule has 2 N–H and O–H groups in total. The van der Waals surface area contributed by atoms with E-state index in [9.17, 15) is 19.2 Å². The van der Waals surface area contributed by atoms with Gasteiger partial charge in [0, 0.05) is 0 Å². The maximum Gasteiger partial charge on any atom is 0.325 e. The smallest absolute Gasteiger partial charge is 0.325 e. The highest BCUT2D eigenvalue weighted by atomic mass is 16.4. The molecule has 0 aromatic rings. The van der Waals surface area contributed by atoms with Crippen LogP contribution < -0.4 is 0 Å². The summed E-state index contributed by atoms with van der Waals surface area (Å²) >= 11 is 0.